The van der Waals surface area contributed by atoms with Crippen molar-refractivity contribution in [2.24, 2.45) is 0 Å². The monoisotopic (exact) mass is 469 g/mol. The highest BCUT2D eigenvalue weighted by molar-refractivity contribution is 7.17. The summed E-state index contributed by atoms with van der Waals surface area (Å²) < 4.78 is 6.88. The molecule has 5 rings (SSSR count). The second-order valence-electron chi connectivity index (χ2n) is 7.82. The van der Waals surface area contributed by atoms with E-state index in [1.807, 2.05) is 37.3 Å². The number of aryl methyl sites for hydroxylation is 1. The number of fused-ring (bicyclic) bond motifs is 1. The maximum absolute atomic E-state index is 11.0. The molecule has 0 spiro atoms. The third-order valence-corrected chi connectivity index (χ3v) is 7.15. The molecule has 1 N–H and O–H groups in total. The number of anilines is 1. The number of benzene rings is 2. The summed E-state index contributed by atoms with van der Waals surface area (Å²) >= 11 is 7.68. The number of ether oxygens (including phenoxy) is 1. The number of methoxy groups -OCH3 is 1. The number of rotatable bonds is 5. The van der Waals surface area contributed by atoms with Gasteiger partial charge in [0.25, 0.3) is 0 Å². The average Bonchev–Trinajstić information content (AvgIpc) is 3.32. The summed E-state index contributed by atoms with van der Waals surface area (Å²) in [5, 5.41) is 16.1. The number of thiazole rings is 1. The summed E-state index contributed by atoms with van der Waals surface area (Å²) in [6.45, 7) is 5.25. The minimum absolute atomic E-state index is 0.101. The average molecular weight is 470 g/mol. The lowest BCUT2D eigenvalue weighted by Gasteiger charge is -2.40. The van der Waals surface area contributed by atoms with Crippen molar-refractivity contribution >= 4 is 33.6 Å². The van der Waals surface area contributed by atoms with Crippen LogP contribution < -0.4 is 9.64 Å². The minimum Gasteiger partial charge on any atom is -0.497 e. The molecule has 1 fully saturated rings. The third-order valence-electron chi connectivity index (χ3n) is 5.84. The molecule has 1 atom stereocenters. The van der Waals surface area contributed by atoms with E-state index >= 15 is 0 Å². The summed E-state index contributed by atoms with van der Waals surface area (Å²) in [5.74, 6) is 1.61. The predicted octanol–water partition coefficient (Wildman–Crippen LogP) is 4.38. The molecule has 0 bridgehead atoms. The third kappa shape index (κ3) is 3.90. The number of hydrogen-bond donors (Lipinski definition) is 1. The van der Waals surface area contributed by atoms with Gasteiger partial charge in [-0.1, -0.05) is 41.1 Å². The highest BCUT2D eigenvalue weighted by Gasteiger charge is 2.31. The molecule has 9 heteroatoms. The van der Waals surface area contributed by atoms with Gasteiger partial charge in [0, 0.05) is 36.9 Å². The molecule has 1 aliphatic heterocycles. The number of halogens is 1. The van der Waals surface area contributed by atoms with Crippen LogP contribution in [0.4, 0.5) is 5.69 Å². The first-order valence-corrected chi connectivity index (χ1v) is 11.7. The van der Waals surface area contributed by atoms with Crippen LogP contribution in [-0.4, -0.2) is 57.9 Å². The molecule has 2 aromatic carbocycles. The Labute approximate surface area is 195 Å². The maximum atomic E-state index is 11.0. The van der Waals surface area contributed by atoms with Crippen molar-refractivity contribution in [3.63, 3.8) is 0 Å². The summed E-state index contributed by atoms with van der Waals surface area (Å²) in [6.07, 6.45) is 0. The zero-order valence-corrected chi connectivity index (χ0v) is 19.5. The smallest absolute Gasteiger partial charge is 0.230 e. The van der Waals surface area contributed by atoms with Crippen molar-refractivity contribution in [3.05, 3.63) is 69.8 Å². The molecular weight excluding hydrogens is 446 g/mol. The minimum atomic E-state index is -0.101. The van der Waals surface area contributed by atoms with Gasteiger partial charge in [-0.2, -0.15) is 4.52 Å². The molecule has 0 amide bonds. The number of hydrogen-bond acceptors (Lipinski definition) is 7. The van der Waals surface area contributed by atoms with Crippen LogP contribution in [0, 0.1) is 6.92 Å². The molecule has 1 unspecified atom stereocenters. The van der Waals surface area contributed by atoms with Crippen LogP contribution in [0.5, 0.6) is 11.6 Å². The van der Waals surface area contributed by atoms with Crippen molar-refractivity contribution in [1.82, 2.24) is 19.5 Å². The Kier molecular flexibility index (Phi) is 5.67. The van der Waals surface area contributed by atoms with Crippen LogP contribution in [0.15, 0.2) is 48.5 Å². The van der Waals surface area contributed by atoms with Gasteiger partial charge in [-0.25, -0.2) is 4.98 Å². The molecule has 1 aliphatic rings. The predicted molar refractivity (Wildman–Crippen MR) is 127 cm³/mol. The molecule has 0 aliphatic carbocycles. The standard InChI is InChI=1S/C23H24ClN5O2S/c1-15-25-23-29(26-15)22(30)21(32-23)20(16-6-8-19(31-2)9-7-16)28-12-10-27(11-13-28)18-5-3-4-17(24)14-18/h3-9,14,20,30H,10-13H2,1-2H3. The molecule has 3 heterocycles. The van der Waals surface area contributed by atoms with Gasteiger partial charge in [-0.15, -0.1) is 5.10 Å². The van der Waals surface area contributed by atoms with Crippen molar-refractivity contribution < 1.29 is 9.84 Å². The van der Waals surface area contributed by atoms with E-state index in [0.29, 0.717) is 10.8 Å². The van der Waals surface area contributed by atoms with Crippen LogP contribution in [0.1, 0.15) is 22.3 Å². The van der Waals surface area contributed by atoms with Gasteiger partial charge in [0.05, 0.1) is 18.0 Å². The molecule has 7 nitrogen and oxygen atoms in total. The molecule has 32 heavy (non-hydrogen) atoms. The topological polar surface area (TPSA) is 66.1 Å². The maximum Gasteiger partial charge on any atom is 0.230 e. The first-order chi connectivity index (χ1) is 15.5. The first-order valence-electron chi connectivity index (χ1n) is 10.5. The SMILES string of the molecule is COc1ccc(C(c2sc3nc(C)nn3c2O)N2CCN(c3cccc(Cl)c3)CC2)cc1. The number of aromatic nitrogens is 3. The van der Waals surface area contributed by atoms with Crippen LogP contribution >= 0.6 is 22.9 Å². The Morgan fingerprint density at radius 3 is 2.50 bits per heavy atom. The zero-order chi connectivity index (χ0) is 22.2. The van der Waals surface area contributed by atoms with Gasteiger partial charge < -0.3 is 14.7 Å². The highest BCUT2D eigenvalue weighted by atomic mass is 35.5. The second-order valence-corrected chi connectivity index (χ2v) is 9.27. The number of nitrogens with zero attached hydrogens (tertiary/aromatic N) is 5. The van der Waals surface area contributed by atoms with E-state index in [9.17, 15) is 5.11 Å². The van der Waals surface area contributed by atoms with E-state index in [1.54, 1.807) is 7.11 Å². The molecule has 4 aromatic rings. The van der Waals surface area contributed by atoms with Gasteiger partial charge in [0.2, 0.25) is 10.8 Å². The van der Waals surface area contributed by atoms with Crippen molar-refractivity contribution in [1.29, 1.82) is 0 Å². The fourth-order valence-corrected chi connectivity index (χ4v) is 5.60. The van der Waals surface area contributed by atoms with Gasteiger partial charge in [0.1, 0.15) is 11.6 Å². The molecule has 1 saturated heterocycles. The van der Waals surface area contributed by atoms with E-state index in [2.05, 4.69) is 38.1 Å². The van der Waals surface area contributed by atoms with Crippen molar-refractivity contribution in [2.45, 2.75) is 13.0 Å². The lowest BCUT2D eigenvalue weighted by molar-refractivity contribution is 0.211. The fourth-order valence-electron chi connectivity index (χ4n) is 4.25. The van der Waals surface area contributed by atoms with E-state index < -0.39 is 0 Å². The lowest BCUT2D eigenvalue weighted by atomic mass is 10.0. The Hall–Kier alpha value is -2.81. The van der Waals surface area contributed by atoms with Crippen LogP contribution in [0.3, 0.4) is 0 Å². The normalized spacial score (nSPS) is 15.9. The van der Waals surface area contributed by atoms with Crippen LogP contribution in [0.25, 0.3) is 4.96 Å². The number of aromatic hydroxyl groups is 1. The van der Waals surface area contributed by atoms with E-state index in [-0.39, 0.29) is 11.9 Å². The molecule has 2 aromatic heterocycles. The van der Waals surface area contributed by atoms with E-state index in [1.165, 1.54) is 15.9 Å². The summed E-state index contributed by atoms with van der Waals surface area (Å²) in [7, 11) is 1.66. The summed E-state index contributed by atoms with van der Waals surface area (Å²) in [6, 6.07) is 15.9. The number of piperazine rings is 1. The lowest BCUT2D eigenvalue weighted by Crippen LogP contribution is -2.47. The van der Waals surface area contributed by atoms with Gasteiger partial charge in [-0.05, 0) is 42.8 Å². The molecule has 0 radical (unpaired) electrons. The zero-order valence-electron chi connectivity index (χ0n) is 17.9. The Balaban J connectivity index is 1.47. The molecular formula is C23H24ClN5O2S. The van der Waals surface area contributed by atoms with Crippen molar-refractivity contribution in [3.8, 4) is 11.6 Å². The largest absolute Gasteiger partial charge is 0.497 e. The summed E-state index contributed by atoms with van der Waals surface area (Å²) in [5.41, 5.74) is 2.23. The van der Waals surface area contributed by atoms with Crippen LogP contribution in [0.2, 0.25) is 5.02 Å². The first kappa shape index (κ1) is 21.1. The highest BCUT2D eigenvalue weighted by Crippen LogP contribution is 2.40. The second kappa shape index (κ2) is 8.61. The van der Waals surface area contributed by atoms with Gasteiger partial charge in [0.15, 0.2) is 0 Å². The fraction of sp³-hybridized carbons (Fsp3) is 0.304. The Bertz CT molecular complexity index is 1230. The Morgan fingerprint density at radius 2 is 1.84 bits per heavy atom. The van der Waals surface area contributed by atoms with Crippen molar-refractivity contribution in [2.75, 3.05) is 38.2 Å². The van der Waals surface area contributed by atoms with E-state index in [0.717, 1.165) is 53.1 Å². The summed E-state index contributed by atoms with van der Waals surface area (Å²) in [4.78, 5) is 10.8. The Morgan fingerprint density at radius 1 is 1.09 bits per heavy atom. The van der Waals surface area contributed by atoms with Gasteiger partial charge >= 0.3 is 0 Å². The van der Waals surface area contributed by atoms with E-state index in [4.69, 9.17) is 16.3 Å². The quantitative estimate of drug-likeness (QED) is 0.468. The van der Waals surface area contributed by atoms with Gasteiger partial charge in [-0.3, -0.25) is 4.90 Å². The van der Waals surface area contributed by atoms with Crippen LogP contribution in [-0.2, 0) is 0 Å². The molecule has 166 valence electrons. The molecule has 0 saturated carbocycles.